The maximum Gasteiger partial charge on any atom is 0.407 e. The number of halogens is 6. The van der Waals surface area contributed by atoms with E-state index in [9.17, 15) is 18.3 Å². The monoisotopic (exact) mass is 425 g/mol. The molecule has 0 bridgehead atoms. The number of aromatic hydroxyl groups is 1. The molecule has 0 fully saturated rings. The van der Waals surface area contributed by atoms with E-state index < -0.39 is 12.2 Å². The third-order valence-electron chi connectivity index (χ3n) is 1.84. The summed E-state index contributed by atoms with van der Waals surface area (Å²) in [6, 6.07) is -0.864. The van der Waals surface area contributed by atoms with Gasteiger partial charge in [-0.05, 0) is 37.9 Å². The van der Waals surface area contributed by atoms with Crippen molar-refractivity contribution in [2.24, 2.45) is 5.73 Å². The van der Waals surface area contributed by atoms with Crippen LogP contribution in [0.15, 0.2) is 19.5 Å². The highest BCUT2D eigenvalue weighted by atomic mass is 79.9. The van der Waals surface area contributed by atoms with E-state index in [0.717, 1.165) is 0 Å². The molecule has 3 N–H and O–H groups in total. The first-order valence-electron chi connectivity index (χ1n) is 3.85. The smallest absolute Gasteiger partial charge is 0.407 e. The number of benzene rings is 1. The fraction of sp³-hybridized carbons (Fsp3) is 0.250. The zero-order chi connectivity index (χ0) is 12.7. The minimum absolute atomic E-state index is 0.0847. The minimum Gasteiger partial charge on any atom is -0.506 e. The second-order valence-corrected chi connectivity index (χ2v) is 5.44. The minimum atomic E-state index is -4.58. The van der Waals surface area contributed by atoms with Crippen molar-refractivity contribution in [3.05, 3.63) is 25.0 Å². The van der Waals surface area contributed by atoms with E-state index in [2.05, 4.69) is 47.8 Å². The Morgan fingerprint density at radius 2 is 1.69 bits per heavy atom. The van der Waals surface area contributed by atoms with Crippen LogP contribution < -0.4 is 5.73 Å². The predicted molar refractivity (Wildman–Crippen MR) is 64.2 cm³/mol. The molecule has 0 saturated heterocycles. The molecule has 2 nitrogen and oxygen atoms in total. The first-order valence-corrected chi connectivity index (χ1v) is 6.22. The van der Waals surface area contributed by atoms with Crippen molar-refractivity contribution in [3.63, 3.8) is 0 Å². The van der Waals surface area contributed by atoms with Crippen LogP contribution >= 0.6 is 47.8 Å². The van der Waals surface area contributed by atoms with Gasteiger partial charge in [0.1, 0.15) is 11.8 Å². The van der Waals surface area contributed by atoms with E-state index in [0.29, 0.717) is 0 Å². The van der Waals surface area contributed by atoms with Crippen LogP contribution in [0.4, 0.5) is 13.2 Å². The van der Waals surface area contributed by atoms with E-state index >= 15 is 0 Å². The zero-order valence-corrected chi connectivity index (χ0v) is 12.2. The summed E-state index contributed by atoms with van der Waals surface area (Å²) in [7, 11) is 0. The molecule has 0 unspecified atom stereocenters. The number of alkyl halides is 3. The highest BCUT2D eigenvalue weighted by Crippen LogP contribution is 2.45. The predicted octanol–water partition coefficient (Wildman–Crippen LogP) is 4.24. The van der Waals surface area contributed by atoms with Crippen LogP contribution in [0.5, 0.6) is 5.75 Å². The molecule has 0 aliphatic carbocycles. The molecule has 0 radical (unpaired) electrons. The molecule has 8 heteroatoms. The second kappa shape index (κ2) is 4.83. The van der Waals surface area contributed by atoms with Crippen molar-refractivity contribution in [1.29, 1.82) is 0 Å². The average molecular weight is 428 g/mol. The molecule has 1 atom stereocenters. The molecular weight excluding hydrogens is 423 g/mol. The molecule has 1 aromatic carbocycles. The van der Waals surface area contributed by atoms with Gasteiger partial charge in [-0.1, -0.05) is 15.9 Å². The fourth-order valence-electron chi connectivity index (χ4n) is 1.04. The largest absolute Gasteiger partial charge is 0.506 e. The van der Waals surface area contributed by atoms with Gasteiger partial charge in [-0.2, -0.15) is 13.2 Å². The number of phenols is 1. The van der Waals surface area contributed by atoms with Crippen LogP contribution in [0.25, 0.3) is 0 Å². The highest BCUT2D eigenvalue weighted by Gasteiger charge is 2.40. The number of hydrogen-bond acceptors (Lipinski definition) is 2. The molecule has 0 amide bonds. The lowest BCUT2D eigenvalue weighted by Gasteiger charge is -2.19. The summed E-state index contributed by atoms with van der Waals surface area (Å²) >= 11 is 8.86. The van der Waals surface area contributed by atoms with E-state index in [1.54, 1.807) is 0 Å². The summed E-state index contributed by atoms with van der Waals surface area (Å²) in [6.45, 7) is 0. The maximum atomic E-state index is 12.5. The lowest BCUT2D eigenvalue weighted by atomic mass is 10.1. The summed E-state index contributed by atoms with van der Waals surface area (Å²) < 4.78 is 37.7. The molecule has 1 aromatic rings. The normalized spacial score (nSPS) is 13.9. The van der Waals surface area contributed by atoms with Crippen molar-refractivity contribution in [1.82, 2.24) is 0 Å². The SMILES string of the molecule is N[C@H](c1c(Br)cc(Br)c(O)c1Br)C(F)(F)F. The van der Waals surface area contributed by atoms with Crippen molar-refractivity contribution in [2.45, 2.75) is 12.2 Å². The average Bonchev–Trinajstić information content (AvgIpc) is 2.13. The molecular formula is C8H5Br3F3NO. The van der Waals surface area contributed by atoms with Crippen LogP contribution in [-0.4, -0.2) is 11.3 Å². The van der Waals surface area contributed by atoms with Crippen molar-refractivity contribution >= 4 is 47.8 Å². The Morgan fingerprint density at radius 3 is 2.12 bits per heavy atom. The summed E-state index contributed by atoms with van der Waals surface area (Å²) in [4.78, 5) is 0. The van der Waals surface area contributed by atoms with Gasteiger partial charge in [0, 0.05) is 10.0 Å². The number of rotatable bonds is 1. The summed E-state index contributed by atoms with van der Waals surface area (Å²) in [5, 5.41) is 9.49. The Hall–Kier alpha value is 0.210. The quantitative estimate of drug-likeness (QED) is 0.704. The topological polar surface area (TPSA) is 46.2 Å². The van der Waals surface area contributed by atoms with E-state index in [-0.39, 0.29) is 24.7 Å². The van der Waals surface area contributed by atoms with Gasteiger partial charge in [-0.3, -0.25) is 0 Å². The molecule has 0 heterocycles. The van der Waals surface area contributed by atoms with E-state index in [4.69, 9.17) is 5.73 Å². The van der Waals surface area contributed by atoms with Crippen LogP contribution in [-0.2, 0) is 0 Å². The summed E-state index contributed by atoms with van der Waals surface area (Å²) in [6.07, 6.45) is -4.58. The molecule has 0 aromatic heterocycles. The Bertz CT molecular complexity index is 422. The lowest BCUT2D eigenvalue weighted by Crippen LogP contribution is -2.29. The first-order chi connectivity index (χ1) is 7.16. The molecule has 16 heavy (non-hydrogen) atoms. The van der Waals surface area contributed by atoms with Crippen LogP contribution in [0.2, 0.25) is 0 Å². The Labute approximate surface area is 114 Å². The van der Waals surface area contributed by atoms with Crippen LogP contribution in [0.1, 0.15) is 11.6 Å². The van der Waals surface area contributed by atoms with Crippen molar-refractivity contribution < 1.29 is 18.3 Å². The molecule has 0 aliphatic heterocycles. The molecule has 0 aliphatic rings. The maximum absolute atomic E-state index is 12.5. The Morgan fingerprint density at radius 1 is 1.19 bits per heavy atom. The van der Waals surface area contributed by atoms with Gasteiger partial charge in [0.15, 0.2) is 0 Å². The van der Waals surface area contributed by atoms with Gasteiger partial charge in [-0.15, -0.1) is 0 Å². The van der Waals surface area contributed by atoms with Gasteiger partial charge in [0.2, 0.25) is 0 Å². The van der Waals surface area contributed by atoms with Gasteiger partial charge >= 0.3 is 6.18 Å². The first kappa shape index (κ1) is 14.3. The highest BCUT2D eigenvalue weighted by molar-refractivity contribution is 9.11. The van der Waals surface area contributed by atoms with Crippen molar-refractivity contribution in [2.75, 3.05) is 0 Å². The number of phenolic OH excluding ortho intramolecular Hbond substituents is 1. The lowest BCUT2D eigenvalue weighted by molar-refractivity contribution is -0.149. The standard InChI is InChI=1S/C8H5Br3F3NO/c9-2-1-3(10)6(16)5(11)4(2)7(15)8(12,13)14/h1,7,16H,15H2/t7-/m1/s1. The third kappa shape index (κ3) is 2.72. The Balaban J connectivity index is 3.40. The van der Waals surface area contributed by atoms with Gasteiger partial charge in [-0.25, -0.2) is 0 Å². The number of nitrogens with two attached hydrogens (primary N) is 1. The van der Waals surface area contributed by atoms with Gasteiger partial charge < -0.3 is 10.8 Å². The Kier molecular flexibility index (Phi) is 4.31. The number of hydrogen-bond donors (Lipinski definition) is 2. The van der Waals surface area contributed by atoms with Gasteiger partial charge in [0.05, 0.1) is 8.95 Å². The molecule has 0 saturated carbocycles. The van der Waals surface area contributed by atoms with E-state index in [1.807, 2.05) is 0 Å². The second-order valence-electron chi connectivity index (χ2n) is 2.94. The summed E-state index contributed by atoms with van der Waals surface area (Å²) in [5.74, 6) is -0.321. The van der Waals surface area contributed by atoms with Crippen LogP contribution in [0.3, 0.4) is 0 Å². The molecule has 0 spiro atoms. The van der Waals surface area contributed by atoms with E-state index in [1.165, 1.54) is 6.07 Å². The molecule has 90 valence electrons. The third-order valence-corrected chi connectivity index (χ3v) is 3.91. The van der Waals surface area contributed by atoms with Crippen molar-refractivity contribution in [3.8, 4) is 5.75 Å². The zero-order valence-electron chi connectivity index (χ0n) is 7.45. The fourth-order valence-corrected chi connectivity index (χ4v) is 3.66. The van der Waals surface area contributed by atoms with Gasteiger partial charge in [0.25, 0.3) is 0 Å². The van der Waals surface area contributed by atoms with Crippen LogP contribution in [0, 0.1) is 0 Å². The summed E-state index contributed by atoms with van der Waals surface area (Å²) in [5.41, 5.74) is 4.84. The molecule has 1 rings (SSSR count).